The fourth-order valence-electron chi connectivity index (χ4n) is 2.51. The lowest BCUT2D eigenvalue weighted by molar-refractivity contribution is 0.0944. The molecule has 0 bridgehead atoms. The van der Waals surface area contributed by atoms with Crippen LogP contribution < -0.4 is 10.1 Å². The molecule has 0 atom stereocenters. The van der Waals surface area contributed by atoms with E-state index in [2.05, 4.69) is 15.2 Å². The summed E-state index contributed by atoms with van der Waals surface area (Å²) in [5, 5.41) is 2.94. The van der Waals surface area contributed by atoms with Crippen LogP contribution in [0, 0.1) is 0 Å². The van der Waals surface area contributed by atoms with Gasteiger partial charge in [0.05, 0.1) is 7.11 Å². The Hall–Kier alpha value is -1.62. The van der Waals surface area contributed by atoms with Gasteiger partial charge in [-0.2, -0.15) is 0 Å². The van der Waals surface area contributed by atoms with Crippen molar-refractivity contribution in [3.05, 3.63) is 23.9 Å². The number of methoxy groups -OCH3 is 1. The number of carbonyl (C=O) groups is 1. The molecule has 1 aromatic rings. The van der Waals surface area contributed by atoms with E-state index in [0.717, 1.165) is 19.6 Å². The van der Waals surface area contributed by atoms with Crippen molar-refractivity contribution in [2.24, 2.45) is 0 Å². The first-order valence-electron chi connectivity index (χ1n) is 7.31. The third kappa shape index (κ3) is 4.20. The molecule has 20 heavy (non-hydrogen) atoms. The summed E-state index contributed by atoms with van der Waals surface area (Å²) in [5.41, 5.74) is 0.492. The molecule has 0 aromatic carbocycles. The first kappa shape index (κ1) is 14.8. The Morgan fingerprint density at radius 2 is 2.10 bits per heavy atom. The summed E-state index contributed by atoms with van der Waals surface area (Å²) in [6, 6.07) is 3.47. The molecule has 5 nitrogen and oxygen atoms in total. The summed E-state index contributed by atoms with van der Waals surface area (Å²) >= 11 is 0. The van der Waals surface area contributed by atoms with Crippen molar-refractivity contribution in [2.45, 2.75) is 25.7 Å². The lowest BCUT2D eigenvalue weighted by atomic mass is 10.2. The molecule has 110 valence electrons. The molecule has 0 spiro atoms. The van der Waals surface area contributed by atoms with Gasteiger partial charge in [0.1, 0.15) is 5.56 Å². The summed E-state index contributed by atoms with van der Waals surface area (Å²) in [5.74, 6) is 0.254. The maximum absolute atomic E-state index is 12.1. The normalized spacial score (nSPS) is 16.4. The molecular weight excluding hydrogens is 254 g/mol. The zero-order valence-corrected chi connectivity index (χ0v) is 12.1. The second kappa shape index (κ2) is 7.85. The van der Waals surface area contributed by atoms with Crippen molar-refractivity contribution < 1.29 is 9.53 Å². The van der Waals surface area contributed by atoms with Gasteiger partial charge in [0.25, 0.3) is 5.91 Å². The Kier molecular flexibility index (Phi) is 5.80. The van der Waals surface area contributed by atoms with Crippen LogP contribution in [0.25, 0.3) is 0 Å². The predicted octanol–water partition coefficient (Wildman–Crippen LogP) is 1.70. The van der Waals surface area contributed by atoms with Crippen LogP contribution in [0.3, 0.4) is 0 Å². The number of hydrogen-bond acceptors (Lipinski definition) is 4. The lowest BCUT2D eigenvalue weighted by Gasteiger charge is -2.19. The van der Waals surface area contributed by atoms with Crippen LogP contribution in [0.4, 0.5) is 0 Å². The van der Waals surface area contributed by atoms with E-state index in [-0.39, 0.29) is 5.91 Å². The Balaban J connectivity index is 1.79. The monoisotopic (exact) mass is 277 g/mol. The van der Waals surface area contributed by atoms with Gasteiger partial charge in [-0.3, -0.25) is 4.79 Å². The highest BCUT2D eigenvalue weighted by Crippen LogP contribution is 2.13. The quantitative estimate of drug-likeness (QED) is 0.890. The summed E-state index contributed by atoms with van der Waals surface area (Å²) in [7, 11) is 1.52. The standard InChI is InChI=1S/C15H23N3O2/c1-20-15-13(7-6-8-17-15)14(19)16-9-12-18-10-4-2-3-5-11-18/h6-8H,2-5,9-12H2,1H3,(H,16,19). The van der Waals surface area contributed by atoms with Gasteiger partial charge in [-0.1, -0.05) is 12.8 Å². The zero-order chi connectivity index (χ0) is 14.2. The highest BCUT2D eigenvalue weighted by atomic mass is 16.5. The number of aromatic nitrogens is 1. The highest BCUT2D eigenvalue weighted by Gasteiger charge is 2.13. The molecule has 1 aromatic heterocycles. The van der Waals surface area contributed by atoms with E-state index in [1.165, 1.54) is 32.8 Å². The van der Waals surface area contributed by atoms with Crippen LogP contribution in [0.1, 0.15) is 36.0 Å². The highest BCUT2D eigenvalue weighted by molar-refractivity contribution is 5.96. The predicted molar refractivity (Wildman–Crippen MR) is 78.0 cm³/mol. The van der Waals surface area contributed by atoms with Crippen LogP contribution in [0.5, 0.6) is 5.88 Å². The van der Waals surface area contributed by atoms with Gasteiger partial charge in [0.2, 0.25) is 5.88 Å². The van der Waals surface area contributed by atoms with Crippen LogP contribution in [0.15, 0.2) is 18.3 Å². The van der Waals surface area contributed by atoms with Gasteiger partial charge in [-0.25, -0.2) is 4.98 Å². The maximum Gasteiger partial charge on any atom is 0.256 e. The van der Waals surface area contributed by atoms with Crippen LogP contribution in [0.2, 0.25) is 0 Å². The first-order chi connectivity index (χ1) is 9.81. The number of carbonyl (C=O) groups excluding carboxylic acids is 1. The minimum atomic E-state index is -0.121. The van der Waals surface area contributed by atoms with Crippen molar-refractivity contribution in [1.29, 1.82) is 0 Å². The minimum absolute atomic E-state index is 0.121. The number of rotatable bonds is 5. The molecule has 1 saturated heterocycles. The first-order valence-corrected chi connectivity index (χ1v) is 7.31. The maximum atomic E-state index is 12.1. The number of nitrogens with zero attached hydrogens (tertiary/aromatic N) is 2. The van der Waals surface area contributed by atoms with Crippen LogP contribution in [-0.4, -0.2) is 49.1 Å². The third-order valence-electron chi connectivity index (χ3n) is 3.62. The molecule has 1 aliphatic heterocycles. The van der Waals surface area contributed by atoms with Gasteiger partial charge in [-0.05, 0) is 38.1 Å². The van der Waals surface area contributed by atoms with E-state index in [4.69, 9.17) is 4.74 Å². The molecule has 0 unspecified atom stereocenters. The minimum Gasteiger partial charge on any atom is -0.480 e. The average Bonchev–Trinajstić information content (AvgIpc) is 2.76. The number of likely N-dealkylation sites (tertiary alicyclic amines) is 1. The molecule has 0 aliphatic carbocycles. The van der Waals surface area contributed by atoms with Gasteiger partial charge in [0.15, 0.2) is 0 Å². The zero-order valence-electron chi connectivity index (χ0n) is 12.1. The smallest absolute Gasteiger partial charge is 0.256 e. The molecule has 0 radical (unpaired) electrons. The van der Waals surface area contributed by atoms with Crippen molar-refractivity contribution in [3.8, 4) is 5.88 Å². The van der Waals surface area contributed by atoms with Crippen molar-refractivity contribution in [2.75, 3.05) is 33.3 Å². The summed E-state index contributed by atoms with van der Waals surface area (Å²) in [6.07, 6.45) is 6.81. The van der Waals surface area contributed by atoms with E-state index in [0.29, 0.717) is 18.0 Å². The second-order valence-electron chi connectivity index (χ2n) is 5.07. The Labute approximate surface area is 120 Å². The van der Waals surface area contributed by atoms with E-state index in [9.17, 15) is 4.79 Å². The Morgan fingerprint density at radius 1 is 1.35 bits per heavy atom. The molecule has 5 heteroatoms. The molecule has 2 heterocycles. The summed E-state index contributed by atoms with van der Waals surface area (Å²) < 4.78 is 5.10. The fourth-order valence-corrected chi connectivity index (χ4v) is 2.51. The number of nitrogens with one attached hydrogen (secondary N) is 1. The summed E-state index contributed by atoms with van der Waals surface area (Å²) in [6.45, 7) is 3.86. The molecule has 1 amide bonds. The van der Waals surface area contributed by atoms with E-state index < -0.39 is 0 Å². The molecule has 1 N–H and O–H groups in total. The number of ether oxygens (including phenoxy) is 1. The van der Waals surface area contributed by atoms with Gasteiger partial charge < -0.3 is 15.0 Å². The topological polar surface area (TPSA) is 54.5 Å². The SMILES string of the molecule is COc1ncccc1C(=O)NCCN1CCCCCC1. The van der Waals surface area contributed by atoms with Crippen molar-refractivity contribution in [3.63, 3.8) is 0 Å². The van der Waals surface area contributed by atoms with Crippen LogP contribution >= 0.6 is 0 Å². The lowest BCUT2D eigenvalue weighted by Crippen LogP contribution is -2.35. The van der Waals surface area contributed by atoms with E-state index >= 15 is 0 Å². The summed E-state index contributed by atoms with van der Waals surface area (Å²) in [4.78, 5) is 18.5. The second-order valence-corrected chi connectivity index (χ2v) is 5.07. The third-order valence-corrected chi connectivity index (χ3v) is 3.62. The number of hydrogen-bond donors (Lipinski definition) is 1. The van der Waals surface area contributed by atoms with E-state index in [1.807, 2.05) is 0 Å². The molecule has 2 rings (SSSR count). The average molecular weight is 277 g/mol. The van der Waals surface area contributed by atoms with Crippen molar-refractivity contribution >= 4 is 5.91 Å². The van der Waals surface area contributed by atoms with Gasteiger partial charge >= 0.3 is 0 Å². The number of pyridine rings is 1. The van der Waals surface area contributed by atoms with Gasteiger partial charge in [-0.15, -0.1) is 0 Å². The molecule has 1 aliphatic rings. The molecule has 0 saturated carbocycles. The van der Waals surface area contributed by atoms with Crippen molar-refractivity contribution in [1.82, 2.24) is 15.2 Å². The number of amides is 1. The molecule has 1 fully saturated rings. The van der Waals surface area contributed by atoms with E-state index in [1.54, 1.807) is 18.3 Å². The van der Waals surface area contributed by atoms with Crippen LogP contribution in [-0.2, 0) is 0 Å². The largest absolute Gasteiger partial charge is 0.480 e. The Bertz CT molecular complexity index is 429. The van der Waals surface area contributed by atoms with Gasteiger partial charge in [0, 0.05) is 19.3 Å². The Morgan fingerprint density at radius 3 is 2.80 bits per heavy atom. The molecular formula is C15H23N3O2. The fraction of sp³-hybridized carbons (Fsp3) is 0.600.